The summed E-state index contributed by atoms with van der Waals surface area (Å²) in [5.41, 5.74) is 1.77. The second kappa shape index (κ2) is 6.28. The summed E-state index contributed by atoms with van der Waals surface area (Å²) in [5, 5.41) is 3.71. The zero-order chi connectivity index (χ0) is 14.8. The summed E-state index contributed by atoms with van der Waals surface area (Å²) in [6.45, 7) is 14.0. The van der Waals surface area contributed by atoms with E-state index in [4.69, 9.17) is 0 Å². The fourth-order valence-electron chi connectivity index (χ4n) is 3.03. The number of rotatable bonds is 3. The Morgan fingerprint density at radius 3 is 2.50 bits per heavy atom. The molecule has 0 saturated carbocycles. The van der Waals surface area contributed by atoms with Crippen LogP contribution in [0, 0.1) is 5.41 Å². The Morgan fingerprint density at radius 1 is 1.25 bits per heavy atom. The van der Waals surface area contributed by atoms with Crippen molar-refractivity contribution in [3.63, 3.8) is 0 Å². The summed E-state index contributed by atoms with van der Waals surface area (Å²) in [7, 11) is 0. The molecule has 1 aromatic carbocycles. The highest BCUT2D eigenvalue weighted by molar-refractivity contribution is 5.16. The average molecular weight is 274 g/mol. The first-order valence-corrected chi connectivity index (χ1v) is 7.91. The highest BCUT2D eigenvalue weighted by Gasteiger charge is 2.33. The number of piperazine rings is 1. The lowest BCUT2D eigenvalue weighted by molar-refractivity contribution is 0.0429. The largest absolute Gasteiger partial charge is 0.311 e. The first-order chi connectivity index (χ1) is 9.38. The zero-order valence-electron chi connectivity index (χ0n) is 13.7. The average Bonchev–Trinajstić information content (AvgIpc) is 2.40. The van der Waals surface area contributed by atoms with Crippen molar-refractivity contribution in [1.82, 2.24) is 10.2 Å². The van der Waals surface area contributed by atoms with Gasteiger partial charge in [-0.2, -0.15) is 0 Å². The maximum atomic E-state index is 3.71. The molecule has 0 aliphatic carbocycles. The van der Waals surface area contributed by atoms with Gasteiger partial charge < -0.3 is 5.32 Å². The molecular formula is C18H30N2. The van der Waals surface area contributed by atoms with Crippen LogP contribution in [0.5, 0.6) is 0 Å². The quantitative estimate of drug-likeness (QED) is 0.909. The summed E-state index contributed by atoms with van der Waals surface area (Å²) in [6, 6.07) is 12.6. The Hall–Kier alpha value is -0.860. The maximum Gasteiger partial charge on any atom is 0.0236 e. The molecule has 1 N–H and O–H groups in total. The van der Waals surface area contributed by atoms with E-state index in [2.05, 4.69) is 75.2 Å². The summed E-state index contributed by atoms with van der Waals surface area (Å²) < 4.78 is 0. The van der Waals surface area contributed by atoms with Gasteiger partial charge in [-0.25, -0.2) is 0 Å². The molecule has 0 radical (unpaired) electrons. The van der Waals surface area contributed by atoms with Crippen molar-refractivity contribution in [2.75, 3.05) is 13.1 Å². The van der Waals surface area contributed by atoms with Crippen LogP contribution in [0.3, 0.4) is 0 Å². The van der Waals surface area contributed by atoms with Crippen molar-refractivity contribution in [1.29, 1.82) is 0 Å². The zero-order valence-corrected chi connectivity index (χ0v) is 13.7. The highest BCUT2D eigenvalue weighted by atomic mass is 15.3. The third kappa shape index (κ3) is 3.83. The summed E-state index contributed by atoms with van der Waals surface area (Å²) in [6.07, 6.45) is 1.13. The lowest BCUT2D eigenvalue weighted by Crippen LogP contribution is -2.60. The molecule has 0 bridgehead atoms. The van der Waals surface area contributed by atoms with Crippen molar-refractivity contribution in [3.05, 3.63) is 35.9 Å². The van der Waals surface area contributed by atoms with Crippen molar-refractivity contribution in [2.45, 2.75) is 59.2 Å². The van der Waals surface area contributed by atoms with Gasteiger partial charge in [0.25, 0.3) is 0 Å². The normalized spacial score (nSPS) is 26.4. The lowest BCUT2D eigenvalue weighted by Gasteiger charge is -2.46. The van der Waals surface area contributed by atoms with Gasteiger partial charge in [-0.1, -0.05) is 51.1 Å². The van der Waals surface area contributed by atoms with Crippen LogP contribution in [0.15, 0.2) is 30.3 Å². The Kier molecular flexibility index (Phi) is 4.87. The van der Waals surface area contributed by atoms with E-state index in [-0.39, 0.29) is 0 Å². The minimum atomic E-state index is 0.336. The minimum absolute atomic E-state index is 0.336. The standard InChI is InChI=1S/C18H30N2/c1-14-12-19-17(11-16-9-7-6-8-10-16)13-20(14)15(2)18(3,4)5/h6-10,14-15,17,19H,11-13H2,1-5H3. The van der Waals surface area contributed by atoms with Gasteiger partial charge in [-0.05, 0) is 31.2 Å². The van der Waals surface area contributed by atoms with E-state index in [1.54, 1.807) is 0 Å². The first kappa shape index (κ1) is 15.5. The number of nitrogens with zero attached hydrogens (tertiary/aromatic N) is 1. The molecule has 2 rings (SSSR count). The smallest absolute Gasteiger partial charge is 0.0236 e. The van der Waals surface area contributed by atoms with Gasteiger partial charge in [0.2, 0.25) is 0 Å². The Balaban J connectivity index is 2.01. The molecule has 112 valence electrons. The van der Waals surface area contributed by atoms with E-state index in [1.807, 2.05) is 0 Å². The SMILES string of the molecule is CC1CNC(Cc2ccccc2)CN1C(C)C(C)(C)C. The Labute approximate surface area is 124 Å². The molecule has 1 fully saturated rings. The molecule has 2 nitrogen and oxygen atoms in total. The second-order valence-corrected chi connectivity index (χ2v) is 7.38. The van der Waals surface area contributed by atoms with E-state index in [0.29, 0.717) is 23.5 Å². The van der Waals surface area contributed by atoms with E-state index >= 15 is 0 Å². The van der Waals surface area contributed by atoms with E-state index < -0.39 is 0 Å². The summed E-state index contributed by atoms with van der Waals surface area (Å²) in [4.78, 5) is 2.68. The van der Waals surface area contributed by atoms with Crippen molar-refractivity contribution in [2.24, 2.45) is 5.41 Å². The van der Waals surface area contributed by atoms with Crippen LogP contribution in [0.4, 0.5) is 0 Å². The number of benzene rings is 1. The predicted molar refractivity (Wildman–Crippen MR) is 87.0 cm³/mol. The van der Waals surface area contributed by atoms with Gasteiger partial charge in [-0.15, -0.1) is 0 Å². The molecule has 1 aliphatic heterocycles. The van der Waals surface area contributed by atoms with Gasteiger partial charge in [0.05, 0.1) is 0 Å². The van der Waals surface area contributed by atoms with Crippen LogP contribution in [0.1, 0.15) is 40.2 Å². The van der Waals surface area contributed by atoms with Crippen molar-refractivity contribution in [3.8, 4) is 0 Å². The van der Waals surface area contributed by atoms with Gasteiger partial charge in [0.1, 0.15) is 0 Å². The van der Waals surface area contributed by atoms with E-state index in [0.717, 1.165) is 19.5 Å². The third-order valence-electron chi connectivity index (χ3n) is 4.78. The van der Waals surface area contributed by atoms with Gasteiger partial charge in [-0.3, -0.25) is 4.90 Å². The lowest BCUT2D eigenvalue weighted by atomic mass is 9.85. The molecule has 2 heteroatoms. The minimum Gasteiger partial charge on any atom is -0.311 e. The fourth-order valence-corrected chi connectivity index (χ4v) is 3.03. The van der Waals surface area contributed by atoms with E-state index in [1.165, 1.54) is 5.56 Å². The molecule has 3 atom stereocenters. The van der Waals surface area contributed by atoms with Crippen molar-refractivity contribution >= 4 is 0 Å². The molecule has 0 aromatic heterocycles. The van der Waals surface area contributed by atoms with Gasteiger partial charge in [0.15, 0.2) is 0 Å². The van der Waals surface area contributed by atoms with Crippen LogP contribution >= 0.6 is 0 Å². The molecule has 1 aromatic rings. The maximum absolute atomic E-state index is 3.71. The molecule has 3 unspecified atom stereocenters. The van der Waals surface area contributed by atoms with Gasteiger partial charge >= 0.3 is 0 Å². The Bertz CT molecular complexity index is 407. The molecule has 1 saturated heterocycles. The fraction of sp³-hybridized carbons (Fsp3) is 0.667. The molecule has 1 heterocycles. The molecule has 20 heavy (non-hydrogen) atoms. The van der Waals surface area contributed by atoms with Crippen LogP contribution < -0.4 is 5.32 Å². The van der Waals surface area contributed by atoms with Crippen LogP contribution in [0.2, 0.25) is 0 Å². The van der Waals surface area contributed by atoms with Crippen LogP contribution in [-0.4, -0.2) is 36.1 Å². The van der Waals surface area contributed by atoms with Crippen LogP contribution in [-0.2, 0) is 6.42 Å². The molecule has 1 aliphatic rings. The monoisotopic (exact) mass is 274 g/mol. The molecule has 0 spiro atoms. The Morgan fingerprint density at radius 2 is 1.90 bits per heavy atom. The first-order valence-electron chi connectivity index (χ1n) is 7.91. The topological polar surface area (TPSA) is 15.3 Å². The highest BCUT2D eigenvalue weighted by Crippen LogP contribution is 2.27. The molecular weight excluding hydrogens is 244 g/mol. The van der Waals surface area contributed by atoms with Crippen LogP contribution in [0.25, 0.3) is 0 Å². The van der Waals surface area contributed by atoms with Crippen molar-refractivity contribution < 1.29 is 0 Å². The second-order valence-electron chi connectivity index (χ2n) is 7.38. The molecule has 0 amide bonds. The van der Waals surface area contributed by atoms with E-state index in [9.17, 15) is 0 Å². The summed E-state index contributed by atoms with van der Waals surface area (Å²) >= 11 is 0. The third-order valence-corrected chi connectivity index (χ3v) is 4.78. The number of hydrogen-bond donors (Lipinski definition) is 1. The predicted octanol–water partition coefficient (Wildman–Crippen LogP) is 3.33. The van der Waals surface area contributed by atoms with Gasteiger partial charge in [0, 0.05) is 31.2 Å². The summed E-state index contributed by atoms with van der Waals surface area (Å²) in [5.74, 6) is 0. The number of nitrogens with one attached hydrogen (secondary N) is 1. The number of hydrogen-bond acceptors (Lipinski definition) is 2.